The van der Waals surface area contributed by atoms with Gasteiger partial charge >= 0.3 is 0 Å². The molecule has 4 N–H and O–H groups in total. The minimum atomic E-state index is 0.531. The number of hydrogen-bond acceptors (Lipinski definition) is 7. The van der Waals surface area contributed by atoms with Gasteiger partial charge < -0.3 is 11.1 Å². The lowest BCUT2D eigenvalue weighted by atomic mass is 10.1. The molecule has 0 radical (unpaired) electrons. The fourth-order valence-electron chi connectivity index (χ4n) is 1.87. The van der Waals surface area contributed by atoms with E-state index in [-0.39, 0.29) is 0 Å². The molecule has 0 spiro atoms. The predicted molar refractivity (Wildman–Crippen MR) is 78.3 cm³/mol. The molecule has 0 aliphatic rings. The highest BCUT2D eigenvalue weighted by Gasteiger charge is 2.13. The van der Waals surface area contributed by atoms with E-state index < -0.39 is 0 Å². The van der Waals surface area contributed by atoms with Gasteiger partial charge in [0.25, 0.3) is 0 Å². The van der Waals surface area contributed by atoms with Crippen molar-refractivity contribution in [3.63, 3.8) is 0 Å². The average molecular weight is 287 g/mol. The quantitative estimate of drug-likeness (QED) is 0.657. The molecule has 0 bridgehead atoms. The molecule has 0 aliphatic carbocycles. The Morgan fingerprint density at radius 3 is 2.90 bits per heavy atom. The Balaban J connectivity index is 1.74. The van der Waals surface area contributed by atoms with Crippen LogP contribution in [0.15, 0.2) is 30.9 Å². The lowest BCUT2D eigenvalue weighted by Gasteiger charge is -2.06. The zero-order chi connectivity index (χ0) is 13.8. The van der Waals surface area contributed by atoms with Gasteiger partial charge in [-0.3, -0.25) is 10.1 Å². The van der Waals surface area contributed by atoms with Gasteiger partial charge in [0, 0.05) is 25.4 Å². The van der Waals surface area contributed by atoms with Crippen molar-refractivity contribution >= 4 is 22.4 Å². The van der Waals surface area contributed by atoms with Crippen molar-refractivity contribution in [1.82, 2.24) is 24.5 Å². The molecule has 0 aromatic carbocycles. The summed E-state index contributed by atoms with van der Waals surface area (Å²) >= 11 is 1.36. The summed E-state index contributed by atoms with van der Waals surface area (Å²) in [6, 6.07) is 3.84. The number of hydrogen-bond donors (Lipinski definition) is 3. The molecule has 0 aliphatic heterocycles. The monoisotopic (exact) mass is 287 g/mol. The summed E-state index contributed by atoms with van der Waals surface area (Å²) in [5.41, 5.74) is 7.88. The number of aromatic nitrogens is 5. The third-order valence-electron chi connectivity index (χ3n) is 2.80. The second-order valence-electron chi connectivity index (χ2n) is 4.12. The Hall–Kier alpha value is -2.48. The zero-order valence-electron chi connectivity index (χ0n) is 10.6. The molecule has 0 unspecified atom stereocenters. The van der Waals surface area contributed by atoms with Crippen molar-refractivity contribution in [3.05, 3.63) is 36.7 Å². The molecule has 20 heavy (non-hydrogen) atoms. The molecule has 0 atom stereocenters. The summed E-state index contributed by atoms with van der Waals surface area (Å²) in [6.45, 7) is 0.731. The van der Waals surface area contributed by atoms with Crippen LogP contribution in [0.2, 0.25) is 0 Å². The molecule has 0 amide bonds. The zero-order valence-corrected chi connectivity index (χ0v) is 11.4. The maximum absolute atomic E-state index is 5.95. The first-order chi connectivity index (χ1) is 9.84. The minimum Gasteiger partial charge on any atom is -0.382 e. The van der Waals surface area contributed by atoms with E-state index >= 15 is 0 Å². The molecule has 3 aromatic rings. The van der Waals surface area contributed by atoms with E-state index in [0.717, 1.165) is 34.9 Å². The Morgan fingerprint density at radius 1 is 1.30 bits per heavy atom. The van der Waals surface area contributed by atoms with Crippen LogP contribution in [0.25, 0.3) is 11.1 Å². The van der Waals surface area contributed by atoms with Gasteiger partial charge in [-0.25, -0.2) is 4.98 Å². The summed E-state index contributed by atoms with van der Waals surface area (Å²) in [4.78, 5) is 8.09. The van der Waals surface area contributed by atoms with E-state index in [2.05, 4.69) is 29.9 Å². The van der Waals surface area contributed by atoms with E-state index in [1.165, 1.54) is 17.9 Å². The van der Waals surface area contributed by atoms with Gasteiger partial charge in [0.2, 0.25) is 0 Å². The smallest absolute Gasteiger partial charge is 0.147 e. The number of pyridine rings is 1. The largest absolute Gasteiger partial charge is 0.382 e. The van der Waals surface area contributed by atoms with Crippen molar-refractivity contribution in [2.45, 2.75) is 6.42 Å². The molecule has 3 rings (SSSR count). The molecule has 0 saturated heterocycles. The first-order valence-electron chi connectivity index (χ1n) is 6.08. The van der Waals surface area contributed by atoms with Gasteiger partial charge in [0.05, 0.1) is 5.56 Å². The molecule has 3 heterocycles. The number of nitrogens with two attached hydrogens (primary N) is 1. The van der Waals surface area contributed by atoms with Crippen molar-refractivity contribution in [2.24, 2.45) is 0 Å². The highest BCUT2D eigenvalue weighted by Crippen LogP contribution is 2.36. The molecule has 102 valence electrons. The van der Waals surface area contributed by atoms with Crippen LogP contribution in [0.5, 0.6) is 0 Å². The fraction of sp³-hybridized carbons (Fsp3) is 0.167. The first-order valence-corrected chi connectivity index (χ1v) is 6.85. The van der Waals surface area contributed by atoms with E-state index in [1.807, 2.05) is 12.1 Å². The van der Waals surface area contributed by atoms with E-state index in [4.69, 9.17) is 5.73 Å². The summed E-state index contributed by atoms with van der Waals surface area (Å²) in [7, 11) is 0. The third-order valence-corrected chi connectivity index (χ3v) is 3.62. The highest BCUT2D eigenvalue weighted by molar-refractivity contribution is 7.11. The Kier molecular flexibility index (Phi) is 3.55. The Labute approximate surface area is 119 Å². The van der Waals surface area contributed by atoms with Crippen molar-refractivity contribution < 1.29 is 0 Å². The number of nitrogens with zero attached hydrogens (tertiary/aromatic N) is 4. The molecule has 0 fully saturated rings. The van der Waals surface area contributed by atoms with Gasteiger partial charge in [0.15, 0.2) is 0 Å². The van der Waals surface area contributed by atoms with Crippen LogP contribution >= 0.6 is 11.5 Å². The summed E-state index contributed by atoms with van der Waals surface area (Å²) in [5.74, 6) is 1.38. The maximum Gasteiger partial charge on any atom is 0.147 e. The standard InChI is InChI=1S/C12H13N7S/c13-11-10(8-1-4-14-5-2-8)12(20-19-11)15-6-3-9-16-7-17-18-9/h1-2,4-5,7,15H,3,6H2,(H2,13,19)(H,16,17,18). The van der Waals surface area contributed by atoms with Crippen molar-refractivity contribution in [2.75, 3.05) is 17.6 Å². The first kappa shape index (κ1) is 12.5. The normalized spacial score (nSPS) is 10.6. The van der Waals surface area contributed by atoms with Crippen LogP contribution in [0, 0.1) is 0 Å². The van der Waals surface area contributed by atoms with Gasteiger partial charge in [-0.15, -0.1) is 0 Å². The maximum atomic E-state index is 5.95. The number of H-pyrrole nitrogens is 1. The SMILES string of the molecule is Nc1nsc(NCCc2ncn[nH]2)c1-c1ccncc1. The molecule has 8 heteroatoms. The third kappa shape index (κ3) is 2.59. The molecule has 0 saturated carbocycles. The van der Waals surface area contributed by atoms with Gasteiger partial charge in [0.1, 0.15) is 23.0 Å². The summed E-state index contributed by atoms with van der Waals surface area (Å²) < 4.78 is 4.21. The summed E-state index contributed by atoms with van der Waals surface area (Å²) in [6.07, 6.45) is 5.74. The van der Waals surface area contributed by atoms with Crippen LogP contribution in [0.4, 0.5) is 10.8 Å². The highest BCUT2D eigenvalue weighted by atomic mass is 32.1. The van der Waals surface area contributed by atoms with Gasteiger partial charge in [-0.1, -0.05) is 0 Å². The van der Waals surface area contributed by atoms with Crippen LogP contribution < -0.4 is 11.1 Å². The second-order valence-corrected chi connectivity index (χ2v) is 4.89. The lowest BCUT2D eigenvalue weighted by Crippen LogP contribution is -2.05. The van der Waals surface area contributed by atoms with Gasteiger partial charge in [-0.2, -0.15) is 9.47 Å². The number of anilines is 2. The van der Waals surface area contributed by atoms with Crippen molar-refractivity contribution in [1.29, 1.82) is 0 Å². The number of rotatable bonds is 5. The second kappa shape index (κ2) is 5.66. The fourth-order valence-corrected chi connectivity index (χ4v) is 2.63. The van der Waals surface area contributed by atoms with Crippen LogP contribution in [-0.4, -0.2) is 31.1 Å². The summed E-state index contributed by atoms with van der Waals surface area (Å²) in [5, 5.41) is 10.9. The number of nitrogens with one attached hydrogen (secondary N) is 2. The molecular weight excluding hydrogens is 274 g/mol. The minimum absolute atomic E-state index is 0.531. The van der Waals surface area contributed by atoms with E-state index in [0.29, 0.717) is 5.82 Å². The number of nitrogen functional groups attached to an aromatic ring is 1. The Morgan fingerprint density at radius 2 is 2.15 bits per heavy atom. The van der Waals surface area contributed by atoms with Crippen molar-refractivity contribution in [3.8, 4) is 11.1 Å². The van der Waals surface area contributed by atoms with E-state index in [9.17, 15) is 0 Å². The number of aromatic amines is 1. The topological polar surface area (TPSA) is 105 Å². The molecule has 7 nitrogen and oxygen atoms in total. The lowest BCUT2D eigenvalue weighted by molar-refractivity contribution is 0.903. The Bertz CT molecular complexity index is 662. The molecule has 3 aromatic heterocycles. The average Bonchev–Trinajstić information content (AvgIpc) is 3.10. The van der Waals surface area contributed by atoms with Crippen LogP contribution in [0.3, 0.4) is 0 Å². The van der Waals surface area contributed by atoms with Crippen LogP contribution in [-0.2, 0) is 6.42 Å². The van der Waals surface area contributed by atoms with Crippen LogP contribution in [0.1, 0.15) is 5.82 Å². The van der Waals surface area contributed by atoms with Gasteiger partial charge in [-0.05, 0) is 29.2 Å². The predicted octanol–water partition coefficient (Wildman–Crippen LogP) is 1.56. The molecular formula is C12H13N7S. The van der Waals surface area contributed by atoms with E-state index in [1.54, 1.807) is 12.4 Å².